The standard InChI is InChI=1S/C10H10ClNO2/c11-7-5-6(1-2-8(7)12)10(3-4-10)9(13)14/h1-2,5H,3-4,12H2,(H,13,14). The van der Waals surface area contributed by atoms with Crippen molar-refractivity contribution >= 4 is 23.3 Å². The molecule has 0 bridgehead atoms. The molecule has 4 heteroatoms. The van der Waals surface area contributed by atoms with Gasteiger partial charge in [0.2, 0.25) is 0 Å². The van der Waals surface area contributed by atoms with Crippen LogP contribution in [-0.2, 0) is 10.2 Å². The average Bonchev–Trinajstić information content (AvgIpc) is 2.90. The van der Waals surface area contributed by atoms with Gasteiger partial charge in [-0.2, -0.15) is 0 Å². The van der Waals surface area contributed by atoms with Gasteiger partial charge in [0.05, 0.1) is 16.1 Å². The van der Waals surface area contributed by atoms with Crippen molar-refractivity contribution < 1.29 is 9.90 Å². The number of nitrogens with two attached hydrogens (primary N) is 1. The molecule has 1 aliphatic carbocycles. The molecule has 1 aromatic rings. The second-order valence-corrected chi connectivity index (χ2v) is 4.03. The number of benzene rings is 1. The molecule has 0 aromatic heterocycles. The Bertz CT molecular complexity index is 399. The van der Waals surface area contributed by atoms with E-state index in [2.05, 4.69) is 0 Å². The number of hydrogen-bond donors (Lipinski definition) is 2. The van der Waals surface area contributed by atoms with Crippen molar-refractivity contribution in [2.24, 2.45) is 0 Å². The summed E-state index contributed by atoms with van der Waals surface area (Å²) in [6.07, 6.45) is 1.37. The number of nitrogen functional groups attached to an aromatic ring is 1. The highest BCUT2D eigenvalue weighted by Gasteiger charge is 2.51. The summed E-state index contributed by atoms with van der Waals surface area (Å²) in [4.78, 5) is 11.0. The van der Waals surface area contributed by atoms with Crippen LogP contribution in [0.1, 0.15) is 18.4 Å². The van der Waals surface area contributed by atoms with Crippen LogP contribution < -0.4 is 5.73 Å². The molecule has 0 radical (unpaired) electrons. The predicted octanol–water partition coefficient (Wildman–Crippen LogP) is 2.04. The van der Waals surface area contributed by atoms with E-state index in [1.54, 1.807) is 18.2 Å². The first kappa shape index (κ1) is 9.34. The van der Waals surface area contributed by atoms with Crippen molar-refractivity contribution in [3.05, 3.63) is 28.8 Å². The Morgan fingerprint density at radius 1 is 1.50 bits per heavy atom. The first-order valence-electron chi connectivity index (χ1n) is 4.35. The number of halogens is 1. The van der Waals surface area contributed by atoms with Crippen molar-refractivity contribution in [3.63, 3.8) is 0 Å². The van der Waals surface area contributed by atoms with E-state index in [4.69, 9.17) is 22.4 Å². The van der Waals surface area contributed by atoms with Gasteiger partial charge in [0.25, 0.3) is 0 Å². The van der Waals surface area contributed by atoms with Gasteiger partial charge in [-0.25, -0.2) is 0 Å². The van der Waals surface area contributed by atoms with Crippen LogP contribution in [0.5, 0.6) is 0 Å². The SMILES string of the molecule is Nc1ccc(C2(C(=O)O)CC2)cc1Cl. The van der Waals surface area contributed by atoms with Crippen molar-refractivity contribution in [2.75, 3.05) is 5.73 Å². The molecule has 3 nitrogen and oxygen atoms in total. The number of hydrogen-bond acceptors (Lipinski definition) is 2. The van der Waals surface area contributed by atoms with Gasteiger partial charge in [-0.15, -0.1) is 0 Å². The quantitative estimate of drug-likeness (QED) is 0.736. The molecule has 74 valence electrons. The lowest BCUT2D eigenvalue weighted by Gasteiger charge is -2.10. The summed E-state index contributed by atoms with van der Waals surface area (Å²) in [5, 5.41) is 9.47. The number of aliphatic carboxylic acids is 1. The third-order valence-corrected chi connectivity index (χ3v) is 3.04. The largest absolute Gasteiger partial charge is 0.481 e. The smallest absolute Gasteiger partial charge is 0.314 e. The fourth-order valence-corrected chi connectivity index (χ4v) is 1.76. The van der Waals surface area contributed by atoms with Crippen LogP contribution in [0.2, 0.25) is 5.02 Å². The molecule has 0 spiro atoms. The summed E-state index contributed by atoms with van der Waals surface area (Å²) in [5.74, 6) is -0.779. The number of rotatable bonds is 2. The fourth-order valence-electron chi connectivity index (χ4n) is 1.58. The van der Waals surface area contributed by atoms with Crippen molar-refractivity contribution in [1.82, 2.24) is 0 Å². The van der Waals surface area contributed by atoms with Crippen LogP contribution in [0.4, 0.5) is 5.69 Å². The van der Waals surface area contributed by atoms with E-state index in [0.29, 0.717) is 23.6 Å². The van der Waals surface area contributed by atoms with Crippen molar-refractivity contribution in [1.29, 1.82) is 0 Å². The zero-order valence-electron chi connectivity index (χ0n) is 7.46. The number of carboxylic acid groups (broad SMARTS) is 1. The number of carboxylic acids is 1. The minimum absolute atomic E-state index is 0.426. The van der Waals surface area contributed by atoms with E-state index in [9.17, 15) is 4.79 Å². The molecule has 0 atom stereocenters. The molecule has 1 saturated carbocycles. The summed E-state index contributed by atoms with van der Waals surface area (Å²) in [6, 6.07) is 5.04. The second-order valence-electron chi connectivity index (χ2n) is 3.62. The molecule has 2 rings (SSSR count). The molecular formula is C10H10ClNO2. The zero-order chi connectivity index (χ0) is 10.3. The minimum atomic E-state index is -0.779. The fraction of sp³-hybridized carbons (Fsp3) is 0.300. The first-order valence-corrected chi connectivity index (χ1v) is 4.73. The highest BCUT2D eigenvalue weighted by Crippen LogP contribution is 2.49. The van der Waals surface area contributed by atoms with Crippen LogP contribution in [0.25, 0.3) is 0 Å². The van der Waals surface area contributed by atoms with Gasteiger partial charge in [0.15, 0.2) is 0 Å². The molecule has 0 heterocycles. The Balaban J connectivity index is 2.43. The van der Waals surface area contributed by atoms with E-state index in [-0.39, 0.29) is 0 Å². The Labute approximate surface area is 86.5 Å². The molecule has 1 fully saturated rings. The van der Waals surface area contributed by atoms with Crippen LogP contribution in [-0.4, -0.2) is 11.1 Å². The van der Waals surface area contributed by atoms with E-state index >= 15 is 0 Å². The maximum Gasteiger partial charge on any atom is 0.314 e. The molecule has 1 aliphatic rings. The molecule has 0 saturated heterocycles. The van der Waals surface area contributed by atoms with Gasteiger partial charge in [-0.1, -0.05) is 17.7 Å². The van der Waals surface area contributed by atoms with Gasteiger partial charge in [-0.3, -0.25) is 4.79 Å². The lowest BCUT2D eigenvalue weighted by molar-refractivity contribution is -0.140. The highest BCUT2D eigenvalue weighted by molar-refractivity contribution is 6.33. The molecule has 1 aromatic carbocycles. The normalized spacial score (nSPS) is 17.8. The predicted molar refractivity (Wildman–Crippen MR) is 54.4 cm³/mol. The Morgan fingerprint density at radius 2 is 2.14 bits per heavy atom. The van der Waals surface area contributed by atoms with Crippen LogP contribution in [0.15, 0.2) is 18.2 Å². The lowest BCUT2D eigenvalue weighted by Crippen LogP contribution is -2.19. The first-order chi connectivity index (χ1) is 6.56. The Morgan fingerprint density at radius 3 is 2.57 bits per heavy atom. The van der Waals surface area contributed by atoms with E-state index in [0.717, 1.165) is 5.56 Å². The molecular weight excluding hydrogens is 202 g/mol. The van der Waals surface area contributed by atoms with Crippen molar-refractivity contribution in [2.45, 2.75) is 18.3 Å². The number of anilines is 1. The lowest BCUT2D eigenvalue weighted by atomic mass is 9.96. The summed E-state index contributed by atoms with van der Waals surface area (Å²) in [5.41, 5.74) is 6.09. The van der Waals surface area contributed by atoms with Crippen molar-refractivity contribution in [3.8, 4) is 0 Å². The maximum absolute atomic E-state index is 11.0. The zero-order valence-corrected chi connectivity index (χ0v) is 8.21. The topological polar surface area (TPSA) is 63.3 Å². The third-order valence-electron chi connectivity index (χ3n) is 2.71. The van der Waals surface area contributed by atoms with E-state index < -0.39 is 11.4 Å². The van der Waals surface area contributed by atoms with E-state index in [1.807, 2.05) is 0 Å². The van der Waals surface area contributed by atoms with Crippen LogP contribution in [0, 0.1) is 0 Å². The molecule has 14 heavy (non-hydrogen) atoms. The summed E-state index contributed by atoms with van der Waals surface area (Å²) < 4.78 is 0. The average molecular weight is 212 g/mol. The van der Waals surface area contributed by atoms with Gasteiger partial charge in [0, 0.05) is 0 Å². The summed E-state index contributed by atoms with van der Waals surface area (Å²) in [6.45, 7) is 0. The second kappa shape index (κ2) is 2.89. The molecule has 0 unspecified atom stereocenters. The Kier molecular flexibility index (Phi) is 1.93. The molecule has 3 N–H and O–H groups in total. The minimum Gasteiger partial charge on any atom is -0.481 e. The van der Waals surface area contributed by atoms with Gasteiger partial charge >= 0.3 is 5.97 Å². The molecule has 0 aliphatic heterocycles. The maximum atomic E-state index is 11.0. The monoisotopic (exact) mass is 211 g/mol. The van der Waals surface area contributed by atoms with E-state index in [1.165, 1.54) is 0 Å². The van der Waals surface area contributed by atoms with Crippen LogP contribution >= 0.6 is 11.6 Å². The van der Waals surface area contributed by atoms with Crippen LogP contribution in [0.3, 0.4) is 0 Å². The van der Waals surface area contributed by atoms with Gasteiger partial charge in [-0.05, 0) is 30.5 Å². The van der Waals surface area contributed by atoms with Gasteiger partial charge in [0.1, 0.15) is 0 Å². The summed E-state index contributed by atoms with van der Waals surface area (Å²) in [7, 11) is 0. The third kappa shape index (κ3) is 1.24. The highest BCUT2D eigenvalue weighted by atomic mass is 35.5. The number of carbonyl (C=O) groups is 1. The Hall–Kier alpha value is -1.22. The molecule has 0 amide bonds. The van der Waals surface area contributed by atoms with Gasteiger partial charge < -0.3 is 10.8 Å². The summed E-state index contributed by atoms with van der Waals surface area (Å²) >= 11 is 5.83.